The number of aromatic nitrogens is 3. The summed E-state index contributed by atoms with van der Waals surface area (Å²) < 4.78 is 6.89. The highest BCUT2D eigenvalue weighted by Crippen LogP contribution is 2.23. The summed E-state index contributed by atoms with van der Waals surface area (Å²) in [5.74, 6) is 0.323. The van der Waals surface area contributed by atoms with E-state index < -0.39 is 11.9 Å². The highest BCUT2D eigenvalue weighted by molar-refractivity contribution is 5.98. The summed E-state index contributed by atoms with van der Waals surface area (Å²) in [7, 11) is 0. The van der Waals surface area contributed by atoms with Crippen LogP contribution in [0.1, 0.15) is 28.8 Å². The van der Waals surface area contributed by atoms with E-state index >= 15 is 0 Å². The number of carbonyl (C=O) groups is 2. The molecule has 0 aliphatic carbocycles. The van der Waals surface area contributed by atoms with E-state index in [2.05, 4.69) is 10.1 Å². The van der Waals surface area contributed by atoms with Crippen LogP contribution < -0.4 is 5.73 Å². The van der Waals surface area contributed by atoms with Gasteiger partial charge in [0.2, 0.25) is 11.7 Å². The Morgan fingerprint density at radius 1 is 1.40 bits per heavy atom. The number of fused-ring (bicyclic) bond motifs is 1. The van der Waals surface area contributed by atoms with Gasteiger partial charge in [-0.2, -0.15) is 0 Å². The molecule has 0 aromatic carbocycles. The van der Waals surface area contributed by atoms with Gasteiger partial charge in [0.15, 0.2) is 11.4 Å². The van der Waals surface area contributed by atoms with Gasteiger partial charge in [-0.05, 0) is 43.5 Å². The van der Waals surface area contributed by atoms with Gasteiger partial charge in [0.05, 0.1) is 11.8 Å². The normalized spacial score (nSPS) is 17.3. The van der Waals surface area contributed by atoms with E-state index in [1.54, 1.807) is 35.2 Å². The smallest absolute Gasteiger partial charge is 0.256 e. The molecule has 3 aromatic rings. The number of aryl methyl sites for hydroxylation is 1. The van der Waals surface area contributed by atoms with Crippen molar-refractivity contribution in [1.29, 1.82) is 0 Å². The largest absolute Gasteiger partial charge is 0.461 e. The van der Waals surface area contributed by atoms with Crippen molar-refractivity contribution in [1.82, 2.24) is 19.5 Å². The number of hydrogen-bond acceptors (Lipinski definition) is 5. The molecule has 0 unspecified atom stereocenters. The molecule has 1 atom stereocenters. The third-order valence-electron chi connectivity index (χ3n) is 4.45. The Morgan fingerprint density at radius 3 is 2.96 bits per heavy atom. The highest BCUT2D eigenvalue weighted by atomic mass is 16.3. The first-order valence-corrected chi connectivity index (χ1v) is 8.06. The predicted octanol–water partition coefficient (Wildman–Crippen LogP) is 1.39. The zero-order chi connectivity index (χ0) is 17.6. The van der Waals surface area contributed by atoms with Crippen LogP contribution in [-0.2, 0) is 4.79 Å². The Balaban J connectivity index is 1.73. The van der Waals surface area contributed by atoms with Gasteiger partial charge in [-0.3, -0.25) is 9.59 Å². The van der Waals surface area contributed by atoms with Gasteiger partial charge in [-0.1, -0.05) is 0 Å². The topological polar surface area (TPSA) is 107 Å². The molecule has 0 saturated carbocycles. The molecule has 25 heavy (non-hydrogen) atoms. The van der Waals surface area contributed by atoms with Gasteiger partial charge in [0, 0.05) is 12.7 Å². The molecule has 0 radical (unpaired) electrons. The van der Waals surface area contributed by atoms with E-state index in [9.17, 15) is 9.59 Å². The average Bonchev–Trinajstić information content (AvgIpc) is 3.31. The van der Waals surface area contributed by atoms with Gasteiger partial charge < -0.3 is 15.1 Å². The fourth-order valence-corrected chi connectivity index (χ4v) is 3.25. The molecule has 2 N–H and O–H groups in total. The van der Waals surface area contributed by atoms with Crippen LogP contribution >= 0.6 is 0 Å². The third-order valence-corrected chi connectivity index (χ3v) is 4.45. The van der Waals surface area contributed by atoms with Crippen LogP contribution in [0.5, 0.6) is 0 Å². The number of pyridine rings is 1. The standard InChI is InChI=1S/C17H17N5O3/c1-10-8-11(17(24)21-6-2-4-12(21)14(18)23)9-22-16(10)19-15(20-22)13-5-3-7-25-13/h3,5,7-9,12H,2,4,6H2,1H3,(H2,18,23)/t12-/m1/s1. The Labute approximate surface area is 143 Å². The number of carbonyl (C=O) groups excluding carboxylic acids is 2. The summed E-state index contributed by atoms with van der Waals surface area (Å²) in [4.78, 5) is 30.4. The molecule has 1 aliphatic rings. The van der Waals surface area contributed by atoms with Crippen LogP contribution in [0.25, 0.3) is 17.2 Å². The molecule has 1 fully saturated rings. The predicted molar refractivity (Wildman–Crippen MR) is 88.7 cm³/mol. The Kier molecular flexibility index (Phi) is 3.52. The second-order valence-corrected chi connectivity index (χ2v) is 6.15. The maximum absolute atomic E-state index is 12.8. The van der Waals surface area contributed by atoms with Crippen molar-refractivity contribution < 1.29 is 14.0 Å². The molecular formula is C17H17N5O3. The average molecular weight is 339 g/mol. The molecule has 0 spiro atoms. The van der Waals surface area contributed by atoms with Gasteiger partial charge in [-0.15, -0.1) is 5.10 Å². The van der Waals surface area contributed by atoms with Crippen LogP contribution in [0.15, 0.2) is 35.1 Å². The van der Waals surface area contributed by atoms with Gasteiger partial charge >= 0.3 is 0 Å². The number of primary amides is 1. The highest BCUT2D eigenvalue weighted by Gasteiger charge is 2.33. The fourth-order valence-electron chi connectivity index (χ4n) is 3.25. The summed E-state index contributed by atoms with van der Waals surface area (Å²) in [6, 6.07) is 4.75. The van der Waals surface area contributed by atoms with Crippen molar-refractivity contribution in [2.75, 3.05) is 6.54 Å². The lowest BCUT2D eigenvalue weighted by atomic mass is 10.1. The molecule has 2 amide bonds. The van der Waals surface area contributed by atoms with Crippen LogP contribution in [0, 0.1) is 6.92 Å². The molecule has 8 nitrogen and oxygen atoms in total. The molecule has 1 aliphatic heterocycles. The number of amides is 2. The van der Waals surface area contributed by atoms with Crippen LogP contribution in [-0.4, -0.2) is 43.9 Å². The molecule has 4 heterocycles. The Morgan fingerprint density at radius 2 is 2.24 bits per heavy atom. The lowest BCUT2D eigenvalue weighted by Gasteiger charge is -2.22. The van der Waals surface area contributed by atoms with Gasteiger partial charge in [0.1, 0.15) is 6.04 Å². The summed E-state index contributed by atoms with van der Waals surface area (Å²) in [5, 5.41) is 4.39. The van der Waals surface area contributed by atoms with Crippen molar-refractivity contribution in [2.45, 2.75) is 25.8 Å². The summed E-state index contributed by atoms with van der Waals surface area (Å²) >= 11 is 0. The minimum atomic E-state index is -0.544. The van der Waals surface area contributed by atoms with E-state index in [-0.39, 0.29) is 5.91 Å². The van der Waals surface area contributed by atoms with E-state index in [1.165, 1.54) is 4.90 Å². The maximum Gasteiger partial charge on any atom is 0.256 e. The summed E-state index contributed by atoms with van der Waals surface area (Å²) in [6.45, 7) is 2.39. The second-order valence-electron chi connectivity index (χ2n) is 6.15. The third kappa shape index (κ3) is 2.55. The van der Waals surface area contributed by atoms with Crippen molar-refractivity contribution in [3.8, 4) is 11.6 Å². The summed E-state index contributed by atoms with van der Waals surface area (Å²) in [5.41, 5.74) is 7.32. The van der Waals surface area contributed by atoms with Crippen LogP contribution in [0.3, 0.4) is 0 Å². The first-order valence-electron chi connectivity index (χ1n) is 8.06. The van der Waals surface area contributed by atoms with Crippen molar-refractivity contribution >= 4 is 17.5 Å². The number of nitrogens with zero attached hydrogens (tertiary/aromatic N) is 4. The number of nitrogens with two attached hydrogens (primary N) is 1. The van der Waals surface area contributed by atoms with Crippen molar-refractivity contribution in [3.63, 3.8) is 0 Å². The van der Waals surface area contributed by atoms with Crippen molar-refractivity contribution in [2.24, 2.45) is 5.73 Å². The lowest BCUT2D eigenvalue weighted by molar-refractivity contribution is -0.121. The lowest BCUT2D eigenvalue weighted by Crippen LogP contribution is -2.43. The van der Waals surface area contributed by atoms with E-state index in [0.29, 0.717) is 35.8 Å². The number of hydrogen-bond donors (Lipinski definition) is 1. The van der Waals surface area contributed by atoms with E-state index in [0.717, 1.165) is 12.0 Å². The number of likely N-dealkylation sites (tertiary alicyclic amines) is 1. The number of rotatable bonds is 3. The first-order chi connectivity index (χ1) is 12.0. The monoisotopic (exact) mass is 339 g/mol. The first kappa shape index (κ1) is 15.4. The zero-order valence-corrected chi connectivity index (χ0v) is 13.7. The molecule has 1 saturated heterocycles. The minimum Gasteiger partial charge on any atom is -0.461 e. The maximum atomic E-state index is 12.8. The number of furan rings is 1. The molecule has 8 heteroatoms. The minimum absolute atomic E-state index is 0.221. The molecule has 128 valence electrons. The second kappa shape index (κ2) is 5.73. The zero-order valence-electron chi connectivity index (χ0n) is 13.7. The quantitative estimate of drug-likeness (QED) is 0.776. The SMILES string of the molecule is Cc1cc(C(=O)N2CCC[C@@H]2C(N)=O)cn2nc(-c3ccco3)nc12. The van der Waals surface area contributed by atoms with Crippen LogP contribution in [0.4, 0.5) is 0 Å². The van der Waals surface area contributed by atoms with E-state index in [4.69, 9.17) is 10.2 Å². The van der Waals surface area contributed by atoms with Crippen molar-refractivity contribution in [3.05, 3.63) is 41.8 Å². The van der Waals surface area contributed by atoms with Gasteiger partial charge in [-0.25, -0.2) is 9.50 Å². The molecule has 3 aromatic heterocycles. The van der Waals surface area contributed by atoms with Gasteiger partial charge in [0.25, 0.3) is 5.91 Å². The molecular weight excluding hydrogens is 322 g/mol. The molecule has 4 rings (SSSR count). The molecule has 0 bridgehead atoms. The Bertz CT molecular complexity index is 960. The van der Waals surface area contributed by atoms with Crippen LogP contribution in [0.2, 0.25) is 0 Å². The summed E-state index contributed by atoms with van der Waals surface area (Å²) in [6.07, 6.45) is 4.56. The Hall–Kier alpha value is -3.16. The van der Waals surface area contributed by atoms with E-state index in [1.807, 2.05) is 6.92 Å². The fraction of sp³-hybridized carbons (Fsp3) is 0.294.